The van der Waals surface area contributed by atoms with Gasteiger partial charge in [0.05, 0.1) is 26.2 Å². The minimum absolute atomic E-state index is 0.758. The average Bonchev–Trinajstić information content (AvgIpc) is 2.68. The Hall–Kier alpha value is -1.49. The summed E-state index contributed by atoms with van der Waals surface area (Å²) >= 11 is 3.43. The lowest BCUT2D eigenvalue weighted by Crippen LogP contribution is -1.95. The van der Waals surface area contributed by atoms with Crippen LogP contribution in [0, 0.1) is 0 Å². The lowest BCUT2D eigenvalue weighted by Gasteiger charge is -2.11. The van der Waals surface area contributed by atoms with Gasteiger partial charge in [0.2, 0.25) is 0 Å². The molecule has 0 unspecified atom stereocenters. The first-order chi connectivity index (χ1) is 8.17. The molecule has 0 amide bonds. The van der Waals surface area contributed by atoms with Gasteiger partial charge in [-0.25, -0.2) is 4.98 Å². The van der Waals surface area contributed by atoms with Gasteiger partial charge in [0.25, 0.3) is 0 Å². The Bertz CT molecular complexity index is 518. The summed E-state index contributed by atoms with van der Waals surface area (Å²) in [7, 11) is 5.22. The predicted octanol–water partition coefficient (Wildman–Crippen LogP) is 2.87. The molecule has 0 bridgehead atoms. The van der Waals surface area contributed by atoms with E-state index in [9.17, 15) is 0 Å². The molecule has 1 aromatic heterocycles. The average molecular weight is 297 g/mol. The molecule has 0 atom stereocenters. The molecule has 0 fully saturated rings. The van der Waals surface area contributed by atoms with Gasteiger partial charge in [-0.15, -0.1) is 0 Å². The highest BCUT2D eigenvalue weighted by molar-refractivity contribution is 9.10. The highest BCUT2D eigenvalue weighted by Gasteiger charge is 2.14. The van der Waals surface area contributed by atoms with Crippen molar-refractivity contribution in [1.29, 1.82) is 0 Å². The van der Waals surface area contributed by atoms with Gasteiger partial charge in [0, 0.05) is 18.7 Å². The molecule has 0 saturated heterocycles. The van der Waals surface area contributed by atoms with E-state index in [-0.39, 0.29) is 0 Å². The normalized spacial score (nSPS) is 10.4. The van der Waals surface area contributed by atoms with Crippen LogP contribution in [0.15, 0.2) is 29.1 Å². The molecular weight excluding hydrogens is 284 g/mol. The predicted molar refractivity (Wildman–Crippen MR) is 69.4 cm³/mol. The van der Waals surface area contributed by atoms with Crippen LogP contribution in [0.1, 0.15) is 0 Å². The number of methoxy groups -OCH3 is 2. The minimum atomic E-state index is 0.758. The largest absolute Gasteiger partial charge is 0.497 e. The molecule has 90 valence electrons. The molecule has 2 aromatic rings. The number of benzene rings is 1. The summed E-state index contributed by atoms with van der Waals surface area (Å²) in [4.78, 5) is 4.20. The van der Waals surface area contributed by atoms with Crippen LogP contribution >= 0.6 is 15.9 Å². The first-order valence-corrected chi connectivity index (χ1v) is 5.86. The number of ether oxygens (including phenoxy) is 2. The van der Waals surface area contributed by atoms with Gasteiger partial charge in [-0.05, 0) is 28.1 Å². The van der Waals surface area contributed by atoms with Crippen LogP contribution in [0.5, 0.6) is 11.5 Å². The summed E-state index contributed by atoms with van der Waals surface area (Å²) in [6.07, 6.45) is 1.75. The molecule has 1 heterocycles. The number of hydrogen-bond donors (Lipinski definition) is 0. The van der Waals surface area contributed by atoms with E-state index in [1.165, 1.54) is 0 Å². The van der Waals surface area contributed by atoms with Gasteiger partial charge >= 0.3 is 0 Å². The minimum Gasteiger partial charge on any atom is -0.497 e. The topological polar surface area (TPSA) is 36.3 Å². The van der Waals surface area contributed by atoms with Crippen LogP contribution in [-0.2, 0) is 7.05 Å². The van der Waals surface area contributed by atoms with E-state index in [2.05, 4.69) is 20.9 Å². The van der Waals surface area contributed by atoms with Crippen molar-refractivity contribution >= 4 is 15.9 Å². The van der Waals surface area contributed by atoms with Crippen LogP contribution in [0.25, 0.3) is 11.3 Å². The van der Waals surface area contributed by atoms with Gasteiger partial charge in [-0.3, -0.25) is 0 Å². The van der Waals surface area contributed by atoms with Gasteiger partial charge in [0.1, 0.15) is 16.1 Å². The monoisotopic (exact) mass is 296 g/mol. The first kappa shape index (κ1) is 12.0. The fourth-order valence-corrected chi connectivity index (χ4v) is 2.28. The Morgan fingerprint density at radius 2 is 2.00 bits per heavy atom. The molecule has 0 N–H and O–H groups in total. The zero-order valence-electron chi connectivity index (χ0n) is 9.90. The summed E-state index contributed by atoms with van der Waals surface area (Å²) in [5.41, 5.74) is 1.95. The van der Waals surface area contributed by atoms with Crippen molar-refractivity contribution in [1.82, 2.24) is 9.55 Å². The van der Waals surface area contributed by atoms with E-state index in [0.717, 1.165) is 27.4 Å². The van der Waals surface area contributed by atoms with E-state index in [4.69, 9.17) is 9.47 Å². The van der Waals surface area contributed by atoms with Gasteiger partial charge < -0.3 is 14.0 Å². The molecule has 0 aliphatic carbocycles. The maximum Gasteiger partial charge on any atom is 0.132 e. The SMILES string of the molecule is COc1ccc(-c2c(Br)ncn2C)c(OC)c1. The first-order valence-electron chi connectivity index (χ1n) is 5.06. The highest BCUT2D eigenvalue weighted by Crippen LogP contribution is 2.36. The lowest BCUT2D eigenvalue weighted by atomic mass is 10.1. The fourth-order valence-electron chi connectivity index (χ4n) is 1.70. The molecule has 0 aliphatic heterocycles. The van der Waals surface area contributed by atoms with Crippen LogP contribution in [-0.4, -0.2) is 23.8 Å². The fraction of sp³-hybridized carbons (Fsp3) is 0.250. The quantitative estimate of drug-likeness (QED) is 0.874. The summed E-state index contributed by atoms with van der Waals surface area (Å²) in [6, 6.07) is 5.71. The smallest absolute Gasteiger partial charge is 0.132 e. The van der Waals surface area contributed by atoms with Crippen molar-refractivity contribution in [3.8, 4) is 22.8 Å². The number of hydrogen-bond acceptors (Lipinski definition) is 3. The van der Waals surface area contributed by atoms with Crippen LogP contribution in [0.3, 0.4) is 0 Å². The second kappa shape index (κ2) is 4.79. The number of imidazole rings is 1. The van der Waals surface area contributed by atoms with Crippen molar-refractivity contribution in [2.45, 2.75) is 0 Å². The Morgan fingerprint density at radius 3 is 2.53 bits per heavy atom. The molecule has 0 saturated carbocycles. The maximum absolute atomic E-state index is 5.38. The van der Waals surface area contributed by atoms with Crippen LogP contribution in [0.4, 0.5) is 0 Å². The van der Waals surface area contributed by atoms with Crippen molar-refractivity contribution in [3.63, 3.8) is 0 Å². The third kappa shape index (κ3) is 2.15. The maximum atomic E-state index is 5.38. The molecule has 2 rings (SSSR count). The van der Waals surface area contributed by atoms with Crippen molar-refractivity contribution in [2.24, 2.45) is 7.05 Å². The molecule has 4 nitrogen and oxygen atoms in total. The molecule has 0 spiro atoms. The molecule has 5 heteroatoms. The number of nitrogens with zero attached hydrogens (tertiary/aromatic N) is 2. The van der Waals surface area contributed by atoms with Crippen LogP contribution in [0.2, 0.25) is 0 Å². The summed E-state index contributed by atoms with van der Waals surface area (Å²) in [5.74, 6) is 1.53. The number of rotatable bonds is 3. The zero-order valence-corrected chi connectivity index (χ0v) is 11.5. The van der Waals surface area contributed by atoms with E-state index < -0.39 is 0 Å². The Balaban J connectivity index is 2.59. The second-order valence-corrected chi connectivity index (χ2v) is 4.31. The molecule has 17 heavy (non-hydrogen) atoms. The lowest BCUT2D eigenvalue weighted by molar-refractivity contribution is 0.395. The number of halogens is 1. The summed E-state index contributed by atoms with van der Waals surface area (Å²) < 4.78 is 13.3. The van der Waals surface area contributed by atoms with E-state index in [0.29, 0.717) is 0 Å². The Morgan fingerprint density at radius 1 is 1.24 bits per heavy atom. The Labute approximate surface area is 108 Å². The van der Waals surface area contributed by atoms with Crippen molar-refractivity contribution in [2.75, 3.05) is 14.2 Å². The van der Waals surface area contributed by atoms with Crippen molar-refractivity contribution in [3.05, 3.63) is 29.1 Å². The summed E-state index contributed by atoms with van der Waals surface area (Å²) in [5, 5.41) is 0. The van der Waals surface area contributed by atoms with Crippen molar-refractivity contribution < 1.29 is 9.47 Å². The van der Waals surface area contributed by atoms with E-state index in [1.807, 2.05) is 29.8 Å². The number of aromatic nitrogens is 2. The standard InChI is InChI=1S/C12H13BrN2O2/c1-15-7-14-12(13)11(15)9-5-4-8(16-2)6-10(9)17-3/h4-7H,1-3H3. The van der Waals surface area contributed by atoms with E-state index in [1.54, 1.807) is 20.5 Å². The van der Waals surface area contributed by atoms with Gasteiger partial charge in [-0.2, -0.15) is 0 Å². The zero-order chi connectivity index (χ0) is 12.4. The molecular formula is C12H13BrN2O2. The molecule has 0 radical (unpaired) electrons. The van der Waals surface area contributed by atoms with Crippen LogP contribution < -0.4 is 9.47 Å². The Kier molecular flexibility index (Phi) is 3.38. The third-order valence-corrected chi connectivity index (χ3v) is 3.14. The second-order valence-electron chi connectivity index (χ2n) is 3.56. The summed E-state index contributed by atoms with van der Waals surface area (Å²) in [6.45, 7) is 0. The van der Waals surface area contributed by atoms with Gasteiger partial charge in [-0.1, -0.05) is 0 Å². The van der Waals surface area contributed by atoms with E-state index >= 15 is 0 Å². The highest BCUT2D eigenvalue weighted by atomic mass is 79.9. The molecule has 1 aromatic carbocycles. The van der Waals surface area contributed by atoms with Gasteiger partial charge in [0.15, 0.2) is 0 Å². The number of aryl methyl sites for hydroxylation is 1. The third-order valence-electron chi connectivity index (χ3n) is 2.56. The molecule has 0 aliphatic rings.